The van der Waals surface area contributed by atoms with Crippen molar-refractivity contribution in [3.63, 3.8) is 0 Å². The number of hydrogen-bond donors (Lipinski definition) is 1. The molecular formula is C21H22N6OS2. The van der Waals surface area contributed by atoms with Crippen molar-refractivity contribution in [2.45, 2.75) is 38.8 Å². The number of anilines is 1. The van der Waals surface area contributed by atoms with E-state index in [1.165, 1.54) is 28.7 Å². The van der Waals surface area contributed by atoms with Crippen molar-refractivity contribution in [3.8, 4) is 11.3 Å². The zero-order valence-electron chi connectivity index (χ0n) is 17.3. The lowest BCUT2D eigenvalue weighted by Crippen LogP contribution is -2.17. The molecule has 1 aromatic carbocycles. The van der Waals surface area contributed by atoms with Gasteiger partial charge in [0.25, 0.3) is 5.78 Å². The van der Waals surface area contributed by atoms with Crippen LogP contribution in [0, 0.1) is 13.8 Å². The van der Waals surface area contributed by atoms with E-state index in [2.05, 4.69) is 56.6 Å². The molecule has 9 heteroatoms. The normalized spacial score (nSPS) is 11.2. The number of amides is 1. The molecule has 4 aromatic rings. The number of nitrogens with zero attached hydrogens (tertiary/aromatic N) is 5. The Morgan fingerprint density at radius 2 is 1.93 bits per heavy atom. The number of thiazole rings is 1. The predicted molar refractivity (Wildman–Crippen MR) is 121 cm³/mol. The summed E-state index contributed by atoms with van der Waals surface area (Å²) in [4.78, 5) is 26.1. The van der Waals surface area contributed by atoms with Crippen molar-refractivity contribution < 1.29 is 4.79 Å². The maximum absolute atomic E-state index is 12.7. The van der Waals surface area contributed by atoms with E-state index in [0.717, 1.165) is 34.6 Å². The number of hydrogen-bond acceptors (Lipinski definition) is 7. The SMILES string of the molecule is CCc1ccc(-c2csc(NC(=O)Cc3c(C)nc4nc(SC)nn4c3C)n2)cc1. The van der Waals surface area contributed by atoms with Crippen molar-refractivity contribution in [3.05, 3.63) is 52.2 Å². The lowest BCUT2D eigenvalue weighted by molar-refractivity contribution is -0.115. The van der Waals surface area contributed by atoms with E-state index in [1.807, 2.05) is 25.5 Å². The molecule has 0 aliphatic heterocycles. The molecule has 3 heterocycles. The third-order valence-electron chi connectivity index (χ3n) is 4.96. The molecule has 1 N–H and O–H groups in total. The van der Waals surface area contributed by atoms with Crippen LogP contribution in [0.25, 0.3) is 17.0 Å². The predicted octanol–water partition coefficient (Wildman–Crippen LogP) is 4.33. The standard InChI is InChI=1S/C21H22N6OS2/c1-5-14-6-8-15(9-7-14)17-11-30-20(23-17)24-18(28)10-16-12(2)22-19-25-21(29-4)26-27(19)13(16)3/h6-9,11H,5,10H2,1-4H3,(H,23,24,28). The Balaban J connectivity index is 1.50. The van der Waals surface area contributed by atoms with Gasteiger partial charge in [-0.1, -0.05) is 43.0 Å². The molecule has 1 amide bonds. The first-order valence-electron chi connectivity index (χ1n) is 9.60. The van der Waals surface area contributed by atoms with Gasteiger partial charge < -0.3 is 5.32 Å². The second-order valence-corrected chi connectivity index (χ2v) is 8.52. The van der Waals surface area contributed by atoms with Crippen LogP contribution < -0.4 is 5.32 Å². The van der Waals surface area contributed by atoms with Crippen LogP contribution in [0.2, 0.25) is 0 Å². The summed E-state index contributed by atoms with van der Waals surface area (Å²) in [6.45, 7) is 5.96. The summed E-state index contributed by atoms with van der Waals surface area (Å²) in [7, 11) is 0. The third-order valence-corrected chi connectivity index (χ3v) is 6.25. The van der Waals surface area contributed by atoms with Gasteiger partial charge in [-0.15, -0.1) is 16.4 Å². The van der Waals surface area contributed by atoms with Gasteiger partial charge in [-0.3, -0.25) is 4.79 Å². The highest BCUT2D eigenvalue weighted by molar-refractivity contribution is 7.98. The van der Waals surface area contributed by atoms with Gasteiger partial charge in [0.1, 0.15) is 0 Å². The van der Waals surface area contributed by atoms with E-state index in [9.17, 15) is 4.79 Å². The van der Waals surface area contributed by atoms with Crippen molar-refractivity contribution in [2.24, 2.45) is 0 Å². The average molecular weight is 439 g/mol. The number of aryl methyl sites for hydroxylation is 3. The topological polar surface area (TPSA) is 85.1 Å². The first kappa shape index (κ1) is 20.5. The van der Waals surface area contributed by atoms with Crippen LogP contribution in [-0.4, -0.2) is 36.7 Å². The maximum atomic E-state index is 12.7. The van der Waals surface area contributed by atoms with Gasteiger partial charge in [-0.05, 0) is 32.1 Å². The fraction of sp³-hybridized carbons (Fsp3) is 0.286. The lowest BCUT2D eigenvalue weighted by Gasteiger charge is -2.09. The fourth-order valence-electron chi connectivity index (χ4n) is 3.23. The molecule has 0 aliphatic carbocycles. The quantitative estimate of drug-likeness (QED) is 0.451. The summed E-state index contributed by atoms with van der Waals surface area (Å²) in [6.07, 6.45) is 3.13. The van der Waals surface area contributed by atoms with Crippen molar-refractivity contribution in [1.82, 2.24) is 24.6 Å². The smallest absolute Gasteiger partial charge is 0.253 e. The number of carbonyl (C=O) groups excluding carboxylic acids is 1. The summed E-state index contributed by atoms with van der Waals surface area (Å²) in [5.74, 6) is 0.423. The summed E-state index contributed by atoms with van der Waals surface area (Å²) in [5.41, 5.74) is 5.70. The van der Waals surface area contributed by atoms with Gasteiger partial charge in [0, 0.05) is 27.9 Å². The third kappa shape index (κ3) is 4.08. The first-order valence-corrected chi connectivity index (χ1v) is 11.7. The van der Waals surface area contributed by atoms with Crippen LogP contribution in [-0.2, 0) is 17.6 Å². The summed E-state index contributed by atoms with van der Waals surface area (Å²) in [5, 5.41) is 10.6. The number of benzene rings is 1. The van der Waals surface area contributed by atoms with Gasteiger partial charge in [-0.2, -0.15) is 4.98 Å². The van der Waals surface area contributed by atoms with Crippen LogP contribution >= 0.6 is 23.1 Å². The minimum absolute atomic E-state index is 0.130. The first-order chi connectivity index (χ1) is 14.5. The lowest BCUT2D eigenvalue weighted by atomic mass is 10.1. The number of nitrogens with one attached hydrogen (secondary N) is 1. The van der Waals surface area contributed by atoms with Gasteiger partial charge in [0.15, 0.2) is 5.13 Å². The zero-order valence-corrected chi connectivity index (χ0v) is 18.9. The van der Waals surface area contributed by atoms with E-state index in [-0.39, 0.29) is 12.3 Å². The Hall–Kier alpha value is -2.78. The molecule has 0 saturated carbocycles. The molecule has 0 fully saturated rings. The van der Waals surface area contributed by atoms with Crippen LogP contribution in [0.3, 0.4) is 0 Å². The molecule has 0 atom stereocenters. The Kier molecular flexibility index (Phi) is 5.83. The van der Waals surface area contributed by atoms with Crippen molar-refractivity contribution in [2.75, 3.05) is 11.6 Å². The van der Waals surface area contributed by atoms with E-state index < -0.39 is 0 Å². The molecule has 0 bridgehead atoms. The summed E-state index contributed by atoms with van der Waals surface area (Å²) >= 11 is 2.89. The Morgan fingerprint density at radius 1 is 1.17 bits per heavy atom. The Bertz CT molecular complexity index is 1210. The minimum Gasteiger partial charge on any atom is -0.302 e. The summed E-state index contributed by atoms with van der Waals surface area (Å²) in [6, 6.07) is 8.34. The van der Waals surface area contributed by atoms with Gasteiger partial charge >= 0.3 is 0 Å². The van der Waals surface area contributed by atoms with Crippen molar-refractivity contribution in [1.29, 1.82) is 0 Å². The Morgan fingerprint density at radius 3 is 2.63 bits per heavy atom. The maximum Gasteiger partial charge on any atom is 0.253 e. The van der Waals surface area contributed by atoms with Crippen LogP contribution in [0.4, 0.5) is 5.13 Å². The van der Waals surface area contributed by atoms with Gasteiger partial charge in [-0.25, -0.2) is 14.5 Å². The molecule has 0 saturated heterocycles. The van der Waals surface area contributed by atoms with E-state index >= 15 is 0 Å². The fourth-order valence-corrected chi connectivity index (χ4v) is 4.30. The van der Waals surface area contributed by atoms with E-state index in [0.29, 0.717) is 16.1 Å². The molecule has 0 radical (unpaired) electrons. The van der Waals surface area contributed by atoms with E-state index in [4.69, 9.17) is 0 Å². The molecule has 7 nitrogen and oxygen atoms in total. The number of carbonyl (C=O) groups is 1. The number of rotatable bonds is 6. The highest BCUT2D eigenvalue weighted by atomic mass is 32.2. The van der Waals surface area contributed by atoms with Gasteiger partial charge in [0.2, 0.25) is 11.1 Å². The monoisotopic (exact) mass is 438 g/mol. The highest BCUT2D eigenvalue weighted by Gasteiger charge is 2.17. The second kappa shape index (κ2) is 8.53. The molecule has 0 unspecified atom stereocenters. The molecule has 0 spiro atoms. The Labute approximate surface area is 183 Å². The van der Waals surface area contributed by atoms with Gasteiger partial charge in [0.05, 0.1) is 12.1 Å². The molecule has 3 aromatic heterocycles. The number of fused-ring (bicyclic) bond motifs is 1. The molecular weight excluding hydrogens is 416 g/mol. The largest absolute Gasteiger partial charge is 0.302 e. The van der Waals surface area contributed by atoms with Crippen LogP contribution in [0.1, 0.15) is 29.4 Å². The molecule has 30 heavy (non-hydrogen) atoms. The van der Waals surface area contributed by atoms with Crippen LogP contribution in [0.5, 0.6) is 0 Å². The molecule has 0 aliphatic rings. The molecule has 4 rings (SSSR count). The highest BCUT2D eigenvalue weighted by Crippen LogP contribution is 2.26. The van der Waals surface area contributed by atoms with E-state index in [1.54, 1.807) is 4.52 Å². The second-order valence-electron chi connectivity index (χ2n) is 6.88. The molecule has 154 valence electrons. The number of aromatic nitrogens is 5. The summed E-state index contributed by atoms with van der Waals surface area (Å²) < 4.78 is 1.70. The van der Waals surface area contributed by atoms with Crippen molar-refractivity contribution >= 4 is 39.9 Å². The minimum atomic E-state index is -0.130. The zero-order chi connectivity index (χ0) is 21.3. The van der Waals surface area contributed by atoms with Crippen LogP contribution in [0.15, 0.2) is 34.8 Å². The average Bonchev–Trinajstić information content (AvgIpc) is 3.38. The number of thioether (sulfide) groups is 1.